The van der Waals surface area contributed by atoms with E-state index in [1.165, 1.54) is 40.4 Å². The maximum absolute atomic E-state index is 13.0. The Labute approximate surface area is 173 Å². The summed E-state index contributed by atoms with van der Waals surface area (Å²) in [5.41, 5.74) is 1.36. The number of aromatic nitrogens is 2. The quantitative estimate of drug-likeness (QED) is 0.496. The second-order valence-electron chi connectivity index (χ2n) is 6.30. The third-order valence-corrected chi connectivity index (χ3v) is 5.22. The summed E-state index contributed by atoms with van der Waals surface area (Å²) in [6, 6.07) is 15.3. The minimum absolute atomic E-state index is 0.0883. The van der Waals surface area contributed by atoms with Gasteiger partial charge in [0, 0.05) is 10.9 Å². The molecule has 6 nitrogen and oxygen atoms in total. The molecular formula is C21H15F2N3O3S. The molecule has 0 saturated heterocycles. The number of amides is 1. The van der Waals surface area contributed by atoms with Gasteiger partial charge >= 0.3 is 6.61 Å². The Morgan fingerprint density at radius 2 is 1.87 bits per heavy atom. The molecule has 2 aromatic carbocycles. The number of fused-ring (bicyclic) bond motifs is 1. The highest BCUT2D eigenvalue weighted by Gasteiger charge is 2.16. The van der Waals surface area contributed by atoms with Crippen molar-refractivity contribution in [1.29, 1.82) is 0 Å². The highest BCUT2D eigenvalue weighted by molar-refractivity contribution is 7.17. The summed E-state index contributed by atoms with van der Waals surface area (Å²) in [5.74, 6) is -0.731. The summed E-state index contributed by atoms with van der Waals surface area (Å²) in [6.45, 7) is -3.35. The molecule has 0 aliphatic carbocycles. The van der Waals surface area contributed by atoms with Crippen LogP contribution < -0.4 is 15.6 Å². The van der Waals surface area contributed by atoms with Gasteiger partial charge in [0.2, 0.25) is 5.91 Å². The van der Waals surface area contributed by atoms with E-state index in [1.54, 1.807) is 6.07 Å². The molecule has 0 aliphatic rings. The number of nitrogens with zero attached hydrogens (tertiary/aromatic N) is 2. The van der Waals surface area contributed by atoms with Crippen molar-refractivity contribution in [2.45, 2.75) is 13.2 Å². The van der Waals surface area contributed by atoms with Gasteiger partial charge in [-0.05, 0) is 17.7 Å². The smallest absolute Gasteiger partial charge is 0.387 e. The first-order chi connectivity index (χ1) is 14.5. The molecule has 30 heavy (non-hydrogen) atoms. The van der Waals surface area contributed by atoms with Crippen LogP contribution in [0.25, 0.3) is 21.3 Å². The number of nitrogens with one attached hydrogen (secondary N) is 1. The molecule has 0 fully saturated rings. The van der Waals surface area contributed by atoms with Gasteiger partial charge in [0.05, 0.1) is 17.4 Å². The molecule has 0 atom stereocenters. The Balaban J connectivity index is 1.61. The van der Waals surface area contributed by atoms with Gasteiger partial charge in [-0.2, -0.15) is 8.78 Å². The summed E-state index contributed by atoms with van der Waals surface area (Å²) >= 11 is 1.35. The fourth-order valence-electron chi connectivity index (χ4n) is 3.02. The molecule has 1 amide bonds. The van der Waals surface area contributed by atoms with Gasteiger partial charge in [-0.25, -0.2) is 4.98 Å². The lowest BCUT2D eigenvalue weighted by molar-refractivity contribution is -0.116. The van der Waals surface area contributed by atoms with Crippen molar-refractivity contribution in [1.82, 2.24) is 9.55 Å². The van der Waals surface area contributed by atoms with E-state index in [2.05, 4.69) is 15.0 Å². The number of rotatable bonds is 6. The maximum Gasteiger partial charge on any atom is 0.387 e. The standard InChI is InChI=1S/C21H15F2N3O3S/c22-21(23)29-16-9-5-4-8-15(16)25-17(27)10-26-12-24-19-18(20(26)28)14(11-30-19)13-6-2-1-3-7-13/h1-9,11-12,21H,10H2,(H,25,27). The van der Waals surface area contributed by atoms with E-state index in [0.29, 0.717) is 10.2 Å². The van der Waals surface area contributed by atoms with Crippen LogP contribution in [0.5, 0.6) is 5.75 Å². The maximum atomic E-state index is 13.0. The normalized spacial score (nSPS) is 11.0. The SMILES string of the molecule is O=C(Cn1cnc2scc(-c3ccccc3)c2c1=O)Nc1ccccc1OC(F)F. The average molecular weight is 427 g/mol. The predicted molar refractivity (Wildman–Crippen MR) is 111 cm³/mol. The van der Waals surface area contributed by atoms with Gasteiger partial charge in [-0.15, -0.1) is 11.3 Å². The topological polar surface area (TPSA) is 73.2 Å². The molecule has 0 bridgehead atoms. The van der Waals surface area contributed by atoms with Gasteiger partial charge in [-0.3, -0.25) is 14.2 Å². The lowest BCUT2D eigenvalue weighted by atomic mass is 10.1. The van der Waals surface area contributed by atoms with Crippen LogP contribution >= 0.6 is 11.3 Å². The largest absolute Gasteiger partial charge is 0.433 e. The molecule has 4 rings (SSSR count). The number of alkyl halides is 2. The van der Waals surface area contributed by atoms with E-state index >= 15 is 0 Å². The van der Waals surface area contributed by atoms with E-state index in [-0.39, 0.29) is 23.5 Å². The molecule has 9 heteroatoms. The molecule has 1 N–H and O–H groups in total. The Morgan fingerprint density at radius 1 is 1.13 bits per heavy atom. The van der Waals surface area contributed by atoms with Gasteiger partial charge < -0.3 is 10.1 Å². The van der Waals surface area contributed by atoms with Crippen LogP contribution in [-0.4, -0.2) is 22.1 Å². The zero-order valence-corrected chi connectivity index (χ0v) is 16.2. The molecular weight excluding hydrogens is 412 g/mol. The molecule has 152 valence electrons. The number of anilines is 1. The minimum Gasteiger partial charge on any atom is -0.433 e. The first-order valence-corrected chi connectivity index (χ1v) is 9.76. The zero-order valence-electron chi connectivity index (χ0n) is 15.4. The number of hydrogen-bond acceptors (Lipinski definition) is 5. The number of benzene rings is 2. The number of carbonyl (C=O) groups is 1. The van der Waals surface area contributed by atoms with Crippen molar-refractivity contribution >= 4 is 33.1 Å². The summed E-state index contributed by atoms with van der Waals surface area (Å²) in [6.07, 6.45) is 1.30. The van der Waals surface area contributed by atoms with E-state index in [9.17, 15) is 18.4 Å². The van der Waals surface area contributed by atoms with E-state index < -0.39 is 12.5 Å². The van der Waals surface area contributed by atoms with Crippen molar-refractivity contribution < 1.29 is 18.3 Å². The van der Waals surface area contributed by atoms with Crippen LogP contribution in [0.1, 0.15) is 0 Å². The average Bonchev–Trinajstić information content (AvgIpc) is 3.17. The number of halogens is 2. The van der Waals surface area contributed by atoms with Gasteiger partial charge in [0.25, 0.3) is 5.56 Å². The second kappa shape index (κ2) is 8.42. The van der Waals surface area contributed by atoms with Crippen molar-refractivity contribution in [2.75, 3.05) is 5.32 Å². The van der Waals surface area contributed by atoms with Crippen LogP contribution in [0.15, 0.2) is 71.1 Å². The van der Waals surface area contributed by atoms with Crippen molar-refractivity contribution in [3.05, 3.63) is 76.7 Å². The van der Waals surface area contributed by atoms with Crippen molar-refractivity contribution in [2.24, 2.45) is 0 Å². The Kier molecular flexibility index (Phi) is 5.53. The van der Waals surface area contributed by atoms with Gasteiger partial charge in [-0.1, -0.05) is 42.5 Å². The molecule has 0 radical (unpaired) electrons. The van der Waals surface area contributed by atoms with Crippen LogP contribution in [0.4, 0.5) is 14.5 Å². The molecule has 0 unspecified atom stereocenters. The second-order valence-corrected chi connectivity index (χ2v) is 7.15. The monoisotopic (exact) mass is 427 g/mol. The van der Waals surface area contributed by atoms with E-state index in [4.69, 9.17) is 0 Å². The number of para-hydroxylation sites is 2. The van der Waals surface area contributed by atoms with Crippen molar-refractivity contribution in [3.8, 4) is 16.9 Å². The zero-order chi connectivity index (χ0) is 21.1. The molecule has 2 heterocycles. The molecule has 0 aliphatic heterocycles. The highest BCUT2D eigenvalue weighted by atomic mass is 32.1. The summed E-state index contributed by atoms with van der Waals surface area (Å²) in [5, 5.41) is 4.79. The molecule has 0 saturated carbocycles. The van der Waals surface area contributed by atoms with Gasteiger partial charge in [0.1, 0.15) is 17.1 Å². The Hall–Kier alpha value is -3.59. The third-order valence-electron chi connectivity index (χ3n) is 4.34. The first-order valence-electron chi connectivity index (χ1n) is 8.88. The fourth-order valence-corrected chi connectivity index (χ4v) is 3.93. The Morgan fingerprint density at radius 3 is 2.63 bits per heavy atom. The van der Waals surface area contributed by atoms with Crippen LogP contribution in [0.3, 0.4) is 0 Å². The molecule has 2 aromatic heterocycles. The minimum atomic E-state index is -3.02. The van der Waals surface area contributed by atoms with Crippen LogP contribution in [0.2, 0.25) is 0 Å². The predicted octanol–water partition coefficient (Wildman–Crippen LogP) is 4.37. The molecule has 4 aromatic rings. The Bertz CT molecular complexity index is 1260. The number of ether oxygens (including phenoxy) is 1. The van der Waals surface area contributed by atoms with Crippen LogP contribution in [0, 0.1) is 0 Å². The highest BCUT2D eigenvalue weighted by Crippen LogP contribution is 2.30. The summed E-state index contributed by atoms with van der Waals surface area (Å²) in [7, 11) is 0. The summed E-state index contributed by atoms with van der Waals surface area (Å²) < 4.78 is 30.7. The third kappa shape index (κ3) is 4.06. The van der Waals surface area contributed by atoms with Crippen LogP contribution in [-0.2, 0) is 11.3 Å². The lowest BCUT2D eigenvalue weighted by Crippen LogP contribution is -2.28. The van der Waals surface area contributed by atoms with Crippen molar-refractivity contribution in [3.63, 3.8) is 0 Å². The number of hydrogen-bond donors (Lipinski definition) is 1. The summed E-state index contributed by atoms with van der Waals surface area (Å²) in [4.78, 5) is 30.3. The number of carbonyl (C=O) groups excluding carboxylic acids is 1. The fraction of sp³-hybridized carbons (Fsp3) is 0.0952. The lowest BCUT2D eigenvalue weighted by Gasteiger charge is -2.12. The van der Waals surface area contributed by atoms with E-state index in [0.717, 1.165) is 11.1 Å². The number of thiophene rings is 1. The first kappa shape index (κ1) is 19.7. The van der Waals surface area contributed by atoms with Gasteiger partial charge in [0.15, 0.2) is 0 Å². The van der Waals surface area contributed by atoms with E-state index in [1.807, 2.05) is 35.7 Å². The molecule has 0 spiro atoms.